The van der Waals surface area contributed by atoms with E-state index >= 15 is 0 Å². The molecule has 0 saturated carbocycles. The Morgan fingerprint density at radius 3 is 1.89 bits per heavy atom. The summed E-state index contributed by atoms with van der Waals surface area (Å²) in [6.45, 7) is 0. The van der Waals surface area contributed by atoms with Gasteiger partial charge in [0, 0.05) is 6.20 Å². The average molecular weight is 435 g/mol. The van der Waals surface area contributed by atoms with Crippen molar-refractivity contribution in [2.24, 2.45) is 0 Å². The Morgan fingerprint density at radius 1 is 0.815 bits per heavy atom. The standard InChI is InChI=1S/C12H10N.C6H5.C5H5.2ClH.Cr/c1-2-6-11(7-3-1)10-12-8-4-5-9-13-12;1-2-4-6-5-3-1;1-2-4-5-3-1;;;/h1-10H;1-5H;1-3H,4H2;2*1H;/q3*-1;;;+3. The van der Waals surface area contributed by atoms with Crippen molar-refractivity contribution in [3.8, 4) is 0 Å². The number of hydrogen-bond acceptors (Lipinski definition) is 1. The van der Waals surface area contributed by atoms with E-state index in [-0.39, 0.29) is 42.2 Å². The molecule has 0 spiro atoms. The molecule has 2 aromatic carbocycles. The van der Waals surface area contributed by atoms with Crippen molar-refractivity contribution < 1.29 is 17.4 Å². The van der Waals surface area contributed by atoms with Crippen LogP contribution in [0.25, 0.3) is 0 Å². The average Bonchev–Trinajstić information content (AvgIpc) is 3.26. The Kier molecular flexibility index (Phi) is 19.0. The van der Waals surface area contributed by atoms with Crippen molar-refractivity contribution in [3.05, 3.63) is 133 Å². The Labute approximate surface area is 186 Å². The summed E-state index contributed by atoms with van der Waals surface area (Å²) in [5.41, 5.74) is 2.18. The van der Waals surface area contributed by atoms with Crippen LogP contribution in [0.5, 0.6) is 0 Å². The molecule has 0 atom stereocenters. The molecule has 1 aliphatic rings. The smallest absolute Gasteiger partial charge is 0.277 e. The Bertz CT molecular complexity index is 643. The Hall–Kier alpha value is -1.95. The van der Waals surface area contributed by atoms with Gasteiger partial charge in [0.2, 0.25) is 0 Å². The molecule has 3 aromatic rings. The van der Waals surface area contributed by atoms with Crippen molar-refractivity contribution in [2.75, 3.05) is 0 Å². The first-order chi connectivity index (χ1) is 11.9. The largest absolute Gasteiger partial charge is 3.00 e. The van der Waals surface area contributed by atoms with Crippen LogP contribution in [0.4, 0.5) is 0 Å². The maximum Gasteiger partial charge on any atom is 3.00 e. The van der Waals surface area contributed by atoms with Gasteiger partial charge in [0.05, 0.1) is 0 Å². The molecule has 4 heteroatoms. The van der Waals surface area contributed by atoms with E-state index in [1.807, 2.05) is 78.9 Å². The van der Waals surface area contributed by atoms with Gasteiger partial charge in [-0.25, -0.2) is 12.2 Å². The maximum absolute atomic E-state index is 4.22. The molecule has 1 heterocycles. The fourth-order valence-electron chi connectivity index (χ4n) is 1.86. The van der Waals surface area contributed by atoms with Crippen molar-refractivity contribution in [1.29, 1.82) is 0 Å². The first-order valence-corrected chi connectivity index (χ1v) is 7.89. The number of nitrogens with zero attached hydrogens (tertiary/aromatic N) is 1. The van der Waals surface area contributed by atoms with Crippen molar-refractivity contribution in [3.63, 3.8) is 0 Å². The van der Waals surface area contributed by atoms with E-state index in [1.54, 1.807) is 6.20 Å². The Morgan fingerprint density at radius 2 is 1.48 bits per heavy atom. The zero-order valence-corrected chi connectivity index (χ0v) is 17.7. The van der Waals surface area contributed by atoms with Crippen LogP contribution in [-0.2, 0) is 17.4 Å². The van der Waals surface area contributed by atoms with E-state index in [0.717, 1.165) is 12.1 Å². The van der Waals surface area contributed by atoms with Gasteiger partial charge in [-0.05, 0) is 5.69 Å². The number of benzene rings is 2. The van der Waals surface area contributed by atoms with Gasteiger partial charge in [0.15, 0.2) is 0 Å². The number of hydrogen-bond donors (Lipinski definition) is 0. The van der Waals surface area contributed by atoms with Crippen LogP contribution in [0.15, 0.2) is 103 Å². The molecule has 0 aliphatic heterocycles. The molecule has 0 unspecified atom stereocenters. The third-order valence-corrected chi connectivity index (χ3v) is 2.99. The third-order valence-electron chi connectivity index (χ3n) is 2.99. The van der Waals surface area contributed by atoms with Gasteiger partial charge in [-0.1, -0.05) is 18.2 Å². The molecule has 0 fully saturated rings. The van der Waals surface area contributed by atoms with Crippen molar-refractivity contribution >= 4 is 24.8 Å². The summed E-state index contributed by atoms with van der Waals surface area (Å²) in [4.78, 5) is 4.22. The quantitative estimate of drug-likeness (QED) is 0.430. The fraction of sp³-hybridized carbons (Fsp3) is 0.0435. The summed E-state index contributed by atoms with van der Waals surface area (Å²) < 4.78 is 0. The topological polar surface area (TPSA) is 12.9 Å². The Balaban J connectivity index is 0. The third kappa shape index (κ3) is 13.9. The minimum absolute atomic E-state index is 0. The van der Waals surface area contributed by atoms with Crippen molar-refractivity contribution in [2.45, 2.75) is 6.42 Å². The van der Waals surface area contributed by atoms with Crippen LogP contribution in [-0.4, -0.2) is 4.98 Å². The van der Waals surface area contributed by atoms with Gasteiger partial charge in [0.1, 0.15) is 0 Å². The van der Waals surface area contributed by atoms with Gasteiger partial charge in [-0.3, -0.25) is 11.1 Å². The molecule has 0 bridgehead atoms. The summed E-state index contributed by atoms with van der Waals surface area (Å²) in [6.07, 6.45) is 13.9. The van der Waals surface area contributed by atoms with E-state index in [1.165, 1.54) is 5.56 Å². The van der Waals surface area contributed by atoms with Crippen LogP contribution < -0.4 is 0 Å². The zero-order chi connectivity index (χ0) is 16.7. The summed E-state index contributed by atoms with van der Waals surface area (Å²) in [5, 5.41) is 0. The van der Waals surface area contributed by atoms with Crippen LogP contribution in [0.1, 0.15) is 17.7 Å². The monoisotopic (exact) mass is 434 g/mol. The zero-order valence-electron chi connectivity index (χ0n) is 14.8. The summed E-state index contributed by atoms with van der Waals surface area (Å²) >= 11 is 0. The molecule has 0 N–H and O–H groups in total. The summed E-state index contributed by atoms with van der Waals surface area (Å²) in [7, 11) is 0. The van der Waals surface area contributed by atoms with Crippen LogP contribution >= 0.6 is 24.8 Å². The minimum atomic E-state index is 0. The molecule has 1 radical (unpaired) electrons. The predicted molar refractivity (Wildman–Crippen MR) is 115 cm³/mol. The van der Waals surface area contributed by atoms with E-state index in [4.69, 9.17) is 0 Å². The van der Waals surface area contributed by atoms with Crippen LogP contribution in [0.3, 0.4) is 0 Å². The molecular formula is C23H22Cl2CrN. The van der Waals surface area contributed by atoms with E-state index in [0.29, 0.717) is 0 Å². The molecule has 27 heavy (non-hydrogen) atoms. The number of rotatable bonds is 2. The number of allylic oxidation sites excluding steroid dienone is 4. The van der Waals surface area contributed by atoms with Gasteiger partial charge < -0.3 is 0 Å². The van der Waals surface area contributed by atoms with E-state index < -0.39 is 0 Å². The molecular weight excluding hydrogens is 413 g/mol. The van der Waals surface area contributed by atoms with E-state index in [2.05, 4.69) is 41.8 Å². The molecule has 0 saturated heterocycles. The molecule has 1 aromatic heterocycles. The fourth-order valence-corrected chi connectivity index (χ4v) is 1.86. The van der Waals surface area contributed by atoms with E-state index in [9.17, 15) is 0 Å². The number of halogens is 2. The second kappa shape index (κ2) is 18.8. The van der Waals surface area contributed by atoms with Crippen LogP contribution in [0, 0.1) is 18.6 Å². The number of aromatic nitrogens is 1. The minimum Gasteiger partial charge on any atom is -0.277 e. The molecule has 4 rings (SSSR count). The van der Waals surface area contributed by atoms with Gasteiger partial charge in [-0.15, -0.1) is 73.6 Å². The van der Waals surface area contributed by atoms with Gasteiger partial charge >= 0.3 is 17.4 Å². The molecule has 1 nitrogen and oxygen atoms in total. The summed E-state index contributed by atoms with van der Waals surface area (Å²) in [6, 6.07) is 28.6. The van der Waals surface area contributed by atoms with Crippen molar-refractivity contribution in [1.82, 2.24) is 4.98 Å². The predicted octanol–water partition coefficient (Wildman–Crippen LogP) is 6.32. The SMILES string of the molecule is Cl.Cl.[C-]1=CC=CC1.[Cr+3].[c-]1ccccc1.c1ccc([CH-]c2ccccn2)cc1. The number of pyridine rings is 1. The molecule has 1 aliphatic carbocycles. The molecule has 139 valence electrons. The first-order valence-electron chi connectivity index (χ1n) is 7.89. The second-order valence-corrected chi connectivity index (χ2v) is 4.89. The first kappa shape index (κ1) is 27.3. The van der Waals surface area contributed by atoms with Gasteiger partial charge in [-0.2, -0.15) is 42.5 Å². The second-order valence-electron chi connectivity index (χ2n) is 4.89. The maximum atomic E-state index is 4.22. The molecule has 0 amide bonds. The van der Waals surface area contributed by atoms with Gasteiger partial charge in [0.25, 0.3) is 0 Å². The van der Waals surface area contributed by atoms with Crippen LogP contribution in [0.2, 0.25) is 0 Å². The summed E-state index contributed by atoms with van der Waals surface area (Å²) in [5.74, 6) is 0. The normalized spacial score (nSPS) is 9.63.